The molecule has 1 aliphatic rings. The predicted molar refractivity (Wildman–Crippen MR) is 75.0 cm³/mol. The molecule has 1 aromatic carbocycles. The van der Waals surface area contributed by atoms with Crippen molar-refractivity contribution in [2.24, 2.45) is 0 Å². The molecule has 1 atom stereocenters. The molecule has 106 valence electrons. The number of nitrogens with zero attached hydrogens (tertiary/aromatic N) is 3. The Hall–Kier alpha value is -2.83. The lowest BCUT2D eigenvalue weighted by molar-refractivity contribution is 0.126. The zero-order chi connectivity index (χ0) is 14.4. The SMILES string of the molecule is O=C(O)N1CCc2[nH]cnc2[C@@H]1c1nc2ccccc2[nH]1. The van der Waals surface area contributed by atoms with Crippen LogP contribution in [0.2, 0.25) is 0 Å². The van der Waals surface area contributed by atoms with Crippen LogP contribution in [0.3, 0.4) is 0 Å². The van der Waals surface area contributed by atoms with E-state index in [1.807, 2.05) is 24.3 Å². The summed E-state index contributed by atoms with van der Waals surface area (Å²) in [5.41, 5.74) is 3.40. The standard InChI is InChI=1S/C14H13N5O2/c20-14(21)19-6-5-10-11(16-7-15-10)12(19)13-17-8-3-1-2-4-9(8)18-13/h1-4,7,12H,5-6H2,(H,15,16)(H,17,18)(H,20,21)/t12-/m1/s1. The highest BCUT2D eigenvalue weighted by Crippen LogP contribution is 2.32. The molecule has 3 heterocycles. The highest BCUT2D eigenvalue weighted by molar-refractivity contribution is 5.75. The van der Waals surface area contributed by atoms with Gasteiger partial charge in [0.1, 0.15) is 11.9 Å². The first kappa shape index (κ1) is 12.0. The number of nitrogens with one attached hydrogen (secondary N) is 2. The van der Waals surface area contributed by atoms with Gasteiger partial charge < -0.3 is 15.1 Å². The molecule has 0 radical (unpaired) electrons. The van der Waals surface area contributed by atoms with Gasteiger partial charge in [-0.25, -0.2) is 14.8 Å². The molecule has 0 saturated heterocycles. The van der Waals surface area contributed by atoms with Crippen molar-refractivity contribution in [2.45, 2.75) is 12.5 Å². The van der Waals surface area contributed by atoms with Crippen molar-refractivity contribution in [3.63, 3.8) is 0 Å². The van der Waals surface area contributed by atoms with E-state index >= 15 is 0 Å². The van der Waals surface area contributed by atoms with E-state index in [4.69, 9.17) is 0 Å². The number of rotatable bonds is 1. The van der Waals surface area contributed by atoms with Crippen LogP contribution in [0.4, 0.5) is 4.79 Å². The molecular formula is C14H13N5O2. The summed E-state index contributed by atoms with van der Waals surface area (Å²) >= 11 is 0. The van der Waals surface area contributed by atoms with Crippen LogP contribution in [0.25, 0.3) is 11.0 Å². The first-order valence-electron chi connectivity index (χ1n) is 6.70. The number of carbonyl (C=O) groups is 1. The van der Waals surface area contributed by atoms with E-state index in [9.17, 15) is 9.90 Å². The molecule has 3 aromatic rings. The Kier molecular flexibility index (Phi) is 2.47. The van der Waals surface area contributed by atoms with Crippen molar-refractivity contribution in [3.05, 3.63) is 47.8 Å². The Balaban J connectivity index is 1.88. The summed E-state index contributed by atoms with van der Waals surface area (Å²) in [5, 5.41) is 9.45. The first-order valence-corrected chi connectivity index (χ1v) is 6.70. The maximum Gasteiger partial charge on any atom is 0.408 e. The number of hydrogen-bond donors (Lipinski definition) is 3. The van der Waals surface area contributed by atoms with E-state index in [1.165, 1.54) is 4.90 Å². The van der Waals surface area contributed by atoms with Gasteiger partial charge in [0.05, 0.1) is 23.1 Å². The van der Waals surface area contributed by atoms with Crippen molar-refractivity contribution in [1.82, 2.24) is 24.8 Å². The van der Waals surface area contributed by atoms with Gasteiger partial charge >= 0.3 is 6.09 Å². The molecule has 2 aromatic heterocycles. The molecule has 0 unspecified atom stereocenters. The van der Waals surface area contributed by atoms with Crippen LogP contribution in [-0.4, -0.2) is 42.6 Å². The zero-order valence-corrected chi connectivity index (χ0v) is 11.1. The van der Waals surface area contributed by atoms with Crippen LogP contribution in [0, 0.1) is 0 Å². The molecule has 21 heavy (non-hydrogen) atoms. The molecule has 3 N–H and O–H groups in total. The summed E-state index contributed by atoms with van der Waals surface area (Å²) in [7, 11) is 0. The van der Waals surface area contributed by atoms with Crippen molar-refractivity contribution >= 4 is 17.1 Å². The number of aromatic nitrogens is 4. The number of hydrogen-bond acceptors (Lipinski definition) is 3. The lowest BCUT2D eigenvalue weighted by Gasteiger charge is -2.31. The molecule has 0 saturated carbocycles. The van der Waals surface area contributed by atoms with Gasteiger partial charge in [0.15, 0.2) is 0 Å². The van der Waals surface area contributed by atoms with Crippen LogP contribution in [-0.2, 0) is 6.42 Å². The minimum Gasteiger partial charge on any atom is -0.465 e. The molecule has 1 amide bonds. The minimum absolute atomic E-state index is 0.423. The second-order valence-corrected chi connectivity index (χ2v) is 5.03. The summed E-state index contributed by atoms with van der Waals surface area (Å²) < 4.78 is 0. The van der Waals surface area contributed by atoms with Crippen molar-refractivity contribution in [3.8, 4) is 0 Å². The largest absolute Gasteiger partial charge is 0.465 e. The quantitative estimate of drug-likeness (QED) is 0.635. The van der Waals surface area contributed by atoms with Crippen molar-refractivity contribution in [1.29, 1.82) is 0 Å². The smallest absolute Gasteiger partial charge is 0.408 e. The van der Waals surface area contributed by atoms with E-state index in [-0.39, 0.29) is 0 Å². The van der Waals surface area contributed by atoms with E-state index in [2.05, 4.69) is 19.9 Å². The number of fused-ring (bicyclic) bond motifs is 2. The zero-order valence-electron chi connectivity index (χ0n) is 11.1. The molecule has 0 fully saturated rings. The number of imidazole rings is 2. The lowest BCUT2D eigenvalue weighted by atomic mass is 10.0. The number of benzene rings is 1. The molecule has 7 heteroatoms. The van der Waals surface area contributed by atoms with Gasteiger partial charge in [-0.15, -0.1) is 0 Å². The Morgan fingerprint density at radius 1 is 1.38 bits per heavy atom. The number of aromatic amines is 2. The summed E-state index contributed by atoms with van der Waals surface area (Å²) in [6.45, 7) is 0.423. The Bertz CT molecular complexity index is 789. The van der Waals surface area contributed by atoms with Gasteiger partial charge in [-0.2, -0.15) is 0 Å². The fourth-order valence-electron chi connectivity index (χ4n) is 2.86. The molecule has 0 bridgehead atoms. The normalized spacial score (nSPS) is 17.9. The van der Waals surface area contributed by atoms with Crippen molar-refractivity contribution < 1.29 is 9.90 Å². The summed E-state index contributed by atoms with van der Waals surface area (Å²) in [6.07, 6.45) is 1.28. The molecule has 0 spiro atoms. The second-order valence-electron chi connectivity index (χ2n) is 5.03. The first-order chi connectivity index (χ1) is 10.2. The highest BCUT2D eigenvalue weighted by Gasteiger charge is 2.36. The fourth-order valence-corrected chi connectivity index (χ4v) is 2.86. The fraction of sp³-hybridized carbons (Fsp3) is 0.214. The van der Waals surface area contributed by atoms with Gasteiger partial charge in [0, 0.05) is 18.7 Å². The van der Waals surface area contributed by atoms with Crippen LogP contribution in [0.1, 0.15) is 23.3 Å². The third-order valence-corrected chi connectivity index (χ3v) is 3.84. The van der Waals surface area contributed by atoms with Crippen LogP contribution >= 0.6 is 0 Å². The maximum atomic E-state index is 11.5. The number of carboxylic acid groups (broad SMARTS) is 1. The average Bonchev–Trinajstić information content (AvgIpc) is 3.11. The average molecular weight is 283 g/mol. The van der Waals surface area contributed by atoms with E-state index in [0.29, 0.717) is 18.8 Å². The Morgan fingerprint density at radius 2 is 2.24 bits per heavy atom. The molecular weight excluding hydrogens is 270 g/mol. The Morgan fingerprint density at radius 3 is 3.05 bits per heavy atom. The topological polar surface area (TPSA) is 97.9 Å². The number of amides is 1. The predicted octanol–water partition coefficient (Wildman–Crippen LogP) is 1.91. The molecule has 0 aliphatic carbocycles. The van der Waals surface area contributed by atoms with Crippen LogP contribution < -0.4 is 0 Å². The number of para-hydroxylation sites is 2. The van der Waals surface area contributed by atoms with E-state index in [1.54, 1.807) is 6.33 Å². The summed E-state index contributed by atoms with van der Waals surface area (Å²) in [6, 6.07) is 7.15. The Labute approximate surface area is 119 Å². The molecule has 1 aliphatic heterocycles. The maximum absolute atomic E-state index is 11.5. The monoisotopic (exact) mass is 283 g/mol. The second kappa shape index (κ2) is 4.34. The molecule has 4 rings (SSSR count). The van der Waals surface area contributed by atoms with Crippen LogP contribution in [0.5, 0.6) is 0 Å². The summed E-state index contributed by atoms with van der Waals surface area (Å²) in [4.78, 5) is 28.0. The van der Waals surface area contributed by atoms with E-state index in [0.717, 1.165) is 22.4 Å². The molecule has 7 nitrogen and oxygen atoms in total. The highest BCUT2D eigenvalue weighted by atomic mass is 16.4. The van der Waals surface area contributed by atoms with E-state index < -0.39 is 12.1 Å². The van der Waals surface area contributed by atoms with Gasteiger partial charge in [0.25, 0.3) is 0 Å². The van der Waals surface area contributed by atoms with Gasteiger partial charge in [-0.05, 0) is 12.1 Å². The van der Waals surface area contributed by atoms with Gasteiger partial charge in [-0.3, -0.25) is 4.90 Å². The third kappa shape index (κ3) is 1.78. The number of H-pyrrole nitrogens is 2. The van der Waals surface area contributed by atoms with Gasteiger partial charge in [0.2, 0.25) is 0 Å². The van der Waals surface area contributed by atoms with Crippen molar-refractivity contribution in [2.75, 3.05) is 6.54 Å². The van der Waals surface area contributed by atoms with Crippen LogP contribution in [0.15, 0.2) is 30.6 Å². The third-order valence-electron chi connectivity index (χ3n) is 3.84. The van der Waals surface area contributed by atoms with Gasteiger partial charge in [-0.1, -0.05) is 12.1 Å². The minimum atomic E-state index is -0.964. The summed E-state index contributed by atoms with van der Waals surface area (Å²) in [5.74, 6) is 0.603. The lowest BCUT2D eigenvalue weighted by Crippen LogP contribution is -2.40.